The van der Waals surface area contributed by atoms with Gasteiger partial charge in [0.1, 0.15) is 0 Å². The summed E-state index contributed by atoms with van der Waals surface area (Å²) in [5.41, 5.74) is 0.973. The van der Waals surface area contributed by atoms with Gasteiger partial charge in [0.2, 0.25) is 0 Å². The molecule has 3 aromatic rings. The molecule has 1 unspecified atom stereocenters. The molecule has 1 amide bonds. The van der Waals surface area contributed by atoms with Crippen LogP contribution in [0.3, 0.4) is 0 Å². The molecule has 1 aliphatic heterocycles. The van der Waals surface area contributed by atoms with E-state index in [1.54, 1.807) is 6.07 Å². The number of aliphatic hydroxyl groups is 1. The summed E-state index contributed by atoms with van der Waals surface area (Å²) in [6, 6.07) is 25.8. The SMILES string of the molecule is O=C1c2ccccc2C(O)(c2ccccc2)N1c1ccccc1. The number of para-hydroxylation sites is 1. The van der Waals surface area contributed by atoms with E-state index in [0.29, 0.717) is 22.4 Å². The molecule has 1 atom stereocenters. The number of hydrogen-bond acceptors (Lipinski definition) is 2. The Labute approximate surface area is 134 Å². The maximum absolute atomic E-state index is 13.0. The third-order valence-electron chi connectivity index (χ3n) is 4.25. The van der Waals surface area contributed by atoms with E-state index in [9.17, 15) is 9.90 Å². The average Bonchev–Trinajstić information content (AvgIpc) is 2.86. The van der Waals surface area contributed by atoms with Crippen LogP contribution in [0.5, 0.6) is 0 Å². The fourth-order valence-corrected chi connectivity index (χ4v) is 3.20. The summed E-state index contributed by atoms with van der Waals surface area (Å²) in [4.78, 5) is 14.4. The van der Waals surface area contributed by atoms with Crippen LogP contribution in [0.25, 0.3) is 0 Å². The van der Waals surface area contributed by atoms with Crippen molar-refractivity contribution in [1.29, 1.82) is 0 Å². The van der Waals surface area contributed by atoms with E-state index in [1.165, 1.54) is 4.90 Å². The summed E-state index contributed by atoms with van der Waals surface area (Å²) in [6.45, 7) is 0. The minimum absolute atomic E-state index is 0.196. The Balaban J connectivity index is 2.01. The molecule has 0 saturated carbocycles. The first kappa shape index (κ1) is 13.7. The molecule has 112 valence electrons. The fourth-order valence-electron chi connectivity index (χ4n) is 3.20. The Morgan fingerprint density at radius 3 is 2.00 bits per heavy atom. The monoisotopic (exact) mass is 301 g/mol. The highest BCUT2D eigenvalue weighted by atomic mass is 16.3. The highest BCUT2D eigenvalue weighted by Gasteiger charge is 2.50. The lowest BCUT2D eigenvalue weighted by molar-refractivity contribution is 0.0703. The minimum Gasteiger partial charge on any atom is -0.363 e. The number of amides is 1. The van der Waals surface area contributed by atoms with Crippen LogP contribution < -0.4 is 4.90 Å². The second kappa shape index (κ2) is 5.07. The van der Waals surface area contributed by atoms with Gasteiger partial charge in [0.15, 0.2) is 5.72 Å². The molecule has 4 rings (SSSR count). The van der Waals surface area contributed by atoms with Crippen molar-refractivity contribution in [3.63, 3.8) is 0 Å². The lowest BCUT2D eigenvalue weighted by atomic mass is 9.93. The van der Waals surface area contributed by atoms with Crippen molar-refractivity contribution >= 4 is 11.6 Å². The van der Waals surface area contributed by atoms with Gasteiger partial charge in [-0.2, -0.15) is 0 Å². The number of rotatable bonds is 2. The van der Waals surface area contributed by atoms with Crippen molar-refractivity contribution in [3.8, 4) is 0 Å². The second-order valence-electron chi connectivity index (χ2n) is 5.56. The van der Waals surface area contributed by atoms with Crippen molar-refractivity contribution in [1.82, 2.24) is 0 Å². The van der Waals surface area contributed by atoms with Gasteiger partial charge in [-0.1, -0.05) is 66.7 Å². The summed E-state index contributed by atoms with van der Waals surface area (Å²) < 4.78 is 0. The quantitative estimate of drug-likeness (QED) is 0.786. The summed E-state index contributed by atoms with van der Waals surface area (Å²) in [7, 11) is 0. The maximum Gasteiger partial charge on any atom is 0.261 e. The Bertz CT molecular complexity index is 861. The fraction of sp³-hybridized carbons (Fsp3) is 0.0500. The van der Waals surface area contributed by atoms with Crippen LogP contribution in [-0.4, -0.2) is 11.0 Å². The van der Waals surface area contributed by atoms with E-state index >= 15 is 0 Å². The van der Waals surface area contributed by atoms with E-state index < -0.39 is 5.72 Å². The minimum atomic E-state index is -1.50. The van der Waals surface area contributed by atoms with Gasteiger partial charge in [-0.25, -0.2) is 0 Å². The van der Waals surface area contributed by atoms with Gasteiger partial charge in [-0.05, 0) is 18.2 Å². The van der Waals surface area contributed by atoms with Crippen LogP contribution in [-0.2, 0) is 5.72 Å². The Morgan fingerprint density at radius 1 is 0.739 bits per heavy atom. The molecule has 3 nitrogen and oxygen atoms in total. The van der Waals surface area contributed by atoms with Gasteiger partial charge in [-0.15, -0.1) is 0 Å². The van der Waals surface area contributed by atoms with Crippen LogP contribution in [0.4, 0.5) is 5.69 Å². The van der Waals surface area contributed by atoms with Crippen molar-refractivity contribution in [3.05, 3.63) is 102 Å². The first-order valence-corrected chi connectivity index (χ1v) is 7.50. The van der Waals surface area contributed by atoms with Gasteiger partial charge in [0.05, 0.1) is 0 Å². The van der Waals surface area contributed by atoms with Crippen molar-refractivity contribution in [2.24, 2.45) is 0 Å². The number of nitrogens with zero attached hydrogens (tertiary/aromatic N) is 1. The lowest BCUT2D eigenvalue weighted by Crippen LogP contribution is -2.45. The molecule has 3 aromatic carbocycles. The molecule has 0 bridgehead atoms. The molecule has 1 N–H and O–H groups in total. The second-order valence-corrected chi connectivity index (χ2v) is 5.56. The predicted molar refractivity (Wildman–Crippen MR) is 89.1 cm³/mol. The third-order valence-corrected chi connectivity index (χ3v) is 4.25. The first-order chi connectivity index (χ1) is 11.2. The van der Waals surface area contributed by atoms with Crippen molar-refractivity contribution in [2.45, 2.75) is 5.72 Å². The first-order valence-electron chi connectivity index (χ1n) is 7.50. The molecule has 1 aliphatic rings. The summed E-state index contributed by atoms with van der Waals surface area (Å²) in [6.07, 6.45) is 0. The van der Waals surface area contributed by atoms with Crippen molar-refractivity contribution < 1.29 is 9.90 Å². The summed E-state index contributed by atoms with van der Waals surface area (Å²) in [5, 5.41) is 11.6. The summed E-state index contributed by atoms with van der Waals surface area (Å²) >= 11 is 0. The van der Waals surface area contributed by atoms with Crippen LogP contribution in [0, 0.1) is 0 Å². The molecule has 3 heteroatoms. The van der Waals surface area contributed by atoms with Gasteiger partial charge in [-0.3, -0.25) is 9.69 Å². The van der Waals surface area contributed by atoms with E-state index in [1.807, 2.05) is 78.9 Å². The predicted octanol–water partition coefficient (Wildman–Crippen LogP) is 3.54. The highest BCUT2D eigenvalue weighted by molar-refractivity contribution is 6.12. The molecule has 0 spiro atoms. The molecular weight excluding hydrogens is 286 g/mol. The third kappa shape index (κ3) is 1.91. The Morgan fingerprint density at radius 2 is 1.30 bits per heavy atom. The molecule has 0 radical (unpaired) electrons. The maximum atomic E-state index is 13.0. The topological polar surface area (TPSA) is 40.5 Å². The number of fused-ring (bicyclic) bond motifs is 1. The van der Waals surface area contributed by atoms with Gasteiger partial charge >= 0.3 is 0 Å². The van der Waals surface area contributed by atoms with E-state index in [-0.39, 0.29) is 5.91 Å². The van der Waals surface area contributed by atoms with Crippen LogP contribution in [0.2, 0.25) is 0 Å². The number of carbonyl (C=O) groups excluding carboxylic acids is 1. The normalized spacial score (nSPS) is 19.7. The molecule has 0 aliphatic carbocycles. The largest absolute Gasteiger partial charge is 0.363 e. The number of anilines is 1. The lowest BCUT2D eigenvalue weighted by Gasteiger charge is -2.34. The Hall–Kier alpha value is -2.91. The van der Waals surface area contributed by atoms with E-state index in [4.69, 9.17) is 0 Å². The van der Waals surface area contributed by atoms with Crippen LogP contribution in [0.1, 0.15) is 21.5 Å². The van der Waals surface area contributed by atoms with Crippen LogP contribution in [0.15, 0.2) is 84.9 Å². The zero-order chi connectivity index (χ0) is 15.9. The standard InChI is InChI=1S/C20H15NO2/c22-19-17-13-7-8-14-18(17)20(23,15-9-3-1-4-10-15)21(19)16-11-5-2-6-12-16/h1-14,23H. The van der Waals surface area contributed by atoms with E-state index in [0.717, 1.165) is 0 Å². The van der Waals surface area contributed by atoms with Crippen LogP contribution >= 0.6 is 0 Å². The summed E-state index contributed by atoms with van der Waals surface area (Å²) in [5.74, 6) is -0.196. The zero-order valence-corrected chi connectivity index (χ0v) is 12.4. The molecule has 1 heterocycles. The van der Waals surface area contributed by atoms with Crippen molar-refractivity contribution in [2.75, 3.05) is 4.90 Å². The Kier molecular flexibility index (Phi) is 3.03. The number of benzene rings is 3. The molecule has 0 aromatic heterocycles. The molecular formula is C20H15NO2. The highest BCUT2D eigenvalue weighted by Crippen LogP contribution is 2.44. The number of carbonyl (C=O) groups is 1. The van der Waals surface area contributed by atoms with Gasteiger partial charge in [0.25, 0.3) is 5.91 Å². The molecule has 0 saturated heterocycles. The van der Waals surface area contributed by atoms with Gasteiger partial charge in [0, 0.05) is 22.4 Å². The van der Waals surface area contributed by atoms with E-state index in [2.05, 4.69) is 0 Å². The number of hydrogen-bond donors (Lipinski definition) is 1. The smallest absolute Gasteiger partial charge is 0.261 e. The molecule has 23 heavy (non-hydrogen) atoms. The average molecular weight is 301 g/mol. The molecule has 0 fully saturated rings. The zero-order valence-electron chi connectivity index (χ0n) is 12.4. The van der Waals surface area contributed by atoms with Gasteiger partial charge < -0.3 is 5.11 Å².